The number of rotatable bonds is 6. The summed E-state index contributed by atoms with van der Waals surface area (Å²) < 4.78 is 5.25. The van der Waals surface area contributed by atoms with E-state index in [4.69, 9.17) is 4.74 Å². The van der Waals surface area contributed by atoms with Crippen molar-refractivity contribution in [3.63, 3.8) is 0 Å². The standard InChI is InChI=1S/C13H17NO3/c1-3-9-14-13(16)12(15)10-5-7-11(8-6-10)17-4-2/h5-8H,3-4,9H2,1-2H3,(H,14,16). The maximum Gasteiger partial charge on any atom is 0.292 e. The van der Waals surface area contributed by atoms with Gasteiger partial charge >= 0.3 is 0 Å². The van der Waals surface area contributed by atoms with Gasteiger partial charge in [0, 0.05) is 12.1 Å². The molecule has 0 heterocycles. The summed E-state index contributed by atoms with van der Waals surface area (Å²) in [5, 5.41) is 2.55. The van der Waals surface area contributed by atoms with E-state index in [0.29, 0.717) is 24.5 Å². The van der Waals surface area contributed by atoms with Crippen molar-refractivity contribution in [1.29, 1.82) is 0 Å². The summed E-state index contributed by atoms with van der Waals surface area (Å²) >= 11 is 0. The van der Waals surface area contributed by atoms with Gasteiger partial charge in [0.25, 0.3) is 5.91 Å². The van der Waals surface area contributed by atoms with Gasteiger partial charge in [0.1, 0.15) is 5.75 Å². The molecule has 1 aromatic rings. The van der Waals surface area contributed by atoms with Crippen LogP contribution < -0.4 is 10.1 Å². The lowest BCUT2D eigenvalue weighted by Gasteiger charge is -2.05. The molecule has 0 saturated heterocycles. The van der Waals surface area contributed by atoms with Gasteiger partial charge in [0.05, 0.1) is 6.61 Å². The number of benzene rings is 1. The van der Waals surface area contributed by atoms with Crippen LogP contribution in [-0.4, -0.2) is 24.8 Å². The Kier molecular flexibility index (Phi) is 5.20. The topological polar surface area (TPSA) is 55.4 Å². The van der Waals surface area contributed by atoms with Crippen molar-refractivity contribution in [2.24, 2.45) is 0 Å². The van der Waals surface area contributed by atoms with Crippen molar-refractivity contribution in [2.75, 3.05) is 13.2 Å². The van der Waals surface area contributed by atoms with Gasteiger partial charge in [-0.05, 0) is 37.6 Å². The monoisotopic (exact) mass is 235 g/mol. The number of carbonyl (C=O) groups excluding carboxylic acids is 2. The minimum Gasteiger partial charge on any atom is -0.494 e. The summed E-state index contributed by atoms with van der Waals surface area (Å²) in [7, 11) is 0. The molecule has 92 valence electrons. The zero-order valence-corrected chi connectivity index (χ0v) is 10.2. The number of carbonyl (C=O) groups is 2. The Morgan fingerprint density at radius 1 is 1.18 bits per heavy atom. The third-order valence-corrected chi connectivity index (χ3v) is 2.17. The molecule has 0 fully saturated rings. The number of amides is 1. The van der Waals surface area contributed by atoms with Crippen LogP contribution in [0.15, 0.2) is 24.3 Å². The fraction of sp³-hybridized carbons (Fsp3) is 0.385. The highest BCUT2D eigenvalue weighted by Crippen LogP contribution is 2.12. The Hall–Kier alpha value is -1.84. The van der Waals surface area contributed by atoms with Crippen LogP contribution in [0.25, 0.3) is 0 Å². The van der Waals surface area contributed by atoms with Crippen LogP contribution in [0.3, 0.4) is 0 Å². The second kappa shape index (κ2) is 6.68. The van der Waals surface area contributed by atoms with Gasteiger partial charge < -0.3 is 10.1 Å². The average Bonchev–Trinajstić information content (AvgIpc) is 2.36. The largest absolute Gasteiger partial charge is 0.494 e. The second-order valence-corrected chi connectivity index (χ2v) is 3.54. The van der Waals surface area contributed by atoms with Crippen molar-refractivity contribution in [1.82, 2.24) is 5.32 Å². The fourth-order valence-corrected chi connectivity index (χ4v) is 1.32. The molecule has 0 atom stereocenters. The molecule has 0 unspecified atom stereocenters. The third-order valence-electron chi connectivity index (χ3n) is 2.17. The molecule has 0 aliphatic carbocycles. The number of hydrogen-bond donors (Lipinski definition) is 1. The molecule has 4 nitrogen and oxygen atoms in total. The number of ketones is 1. The molecule has 17 heavy (non-hydrogen) atoms. The van der Waals surface area contributed by atoms with Gasteiger partial charge in [-0.3, -0.25) is 9.59 Å². The minimum absolute atomic E-state index is 0.377. The van der Waals surface area contributed by atoms with Crippen LogP contribution in [0, 0.1) is 0 Å². The molecule has 1 N–H and O–H groups in total. The first kappa shape index (κ1) is 13.2. The predicted octanol–water partition coefficient (Wildman–Crippen LogP) is 1.79. The van der Waals surface area contributed by atoms with Crippen LogP contribution in [0.4, 0.5) is 0 Å². The molecule has 0 aliphatic heterocycles. The Morgan fingerprint density at radius 3 is 2.35 bits per heavy atom. The molecule has 0 radical (unpaired) electrons. The molecule has 1 rings (SSSR count). The van der Waals surface area contributed by atoms with E-state index < -0.39 is 11.7 Å². The van der Waals surface area contributed by atoms with Crippen LogP contribution in [0.5, 0.6) is 5.75 Å². The van der Waals surface area contributed by atoms with Crippen molar-refractivity contribution in [3.05, 3.63) is 29.8 Å². The predicted molar refractivity (Wildman–Crippen MR) is 65.2 cm³/mol. The lowest BCUT2D eigenvalue weighted by molar-refractivity contribution is -0.116. The number of nitrogens with one attached hydrogen (secondary N) is 1. The summed E-state index contributed by atoms with van der Waals surface area (Å²) in [6, 6.07) is 6.56. The van der Waals surface area contributed by atoms with Gasteiger partial charge in [0.15, 0.2) is 0 Å². The minimum atomic E-state index is -0.559. The van der Waals surface area contributed by atoms with E-state index in [0.717, 1.165) is 6.42 Å². The van der Waals surface area contributed by atoms with E-state index >= 15 is 0 Å². The first-order chi connectivity index (χ1) is 8.19. The quantitative estimate of drug-likeness (QED) is 0.604. The molecule has 0 bridgehead atoms. The second-order valence-electron chi connectivity index (χ2n) is 3.54. The van der Waals surface area contributed by atoms with Gasteiger partial charge in [0.2, 0.25) is 5.78 Å². The third kappa shape index (κ3) is 3.90. The molecule has 0 aromatic heterocycles. The highest BCUT2D eigenvalue weighted by atomic mass is 16.5. The summed E-state index contributed by atoms with van der Waals surface area (Å²) in [6.07, 6.45) is 0.808. The van der Waals surface area contributed by atoms with Crippen molar-refractivity contribution in [2.45, 2.75) is 20.3 Å². The van der Waals surface area contributed by atoms with E-state index in [1.54, 1.807) is 24.3 Å². The number of hydrogen-bond acceptors (Lipinski definition) is 3. The summed E-state index contributed by atoms with van der Waals surface area (Å²) in [6.45, 7) is 4.91. The average molecular weight is 235 g/mol. The van der Waals surface area contributed by atoms with E-state index in [-0.39, 0.29) is 0 Å². The zero-order valence-electron chi connectivity index (χ0n) is 10.2. The number of ether oxygens (including phenoxy) is 1. The molecule has 0 aliphatic rings. The normalized spacial score (nSPS) is 9.76. The van der Waals surface area contributed by atoms with Crippen LogP contribution in [0.2, 0.25) is 0 Å². The van der Waals surface area contributed by atoms with Crippen LogP contribution in [0.1, 0.15) is 30.6 Å². The highest BCUT2D eigenvalue weighted by molar-refractivity contribution is 6.42. The Bertz CT molecular complexity index is 384. The maximum atomic E-state index is 11.7. The molecular weight excluding hydrogens is 218 g/mol. The summed E-state index contributed by atoms with van der Waals surface area (Å²) in [5.41, 5.74) is 0.377. The van der Waals surface area contributed by atoms with E-state index in [9.17, 15) is 9.59 Å². The molecular formula is C13H17NO3. The smallest absolute Gasteiger partial charge is 0.292 e. The van der Waals surface area contributed by atoms with E-state index in [1.807, 2.05) is 13.8 Å². The van der Waals surface area contributed by atoms with Gasteiger partial charge in [-0.1, -0.05) is 6.92 Å². The van der Waals surface area contributed by atoms with E-state index in [1.165, 1.54) is 0 Å². The van der Waals surface area contributed by atoms with Gasteiger partial charge in [-0.2, -0.15) is 0 Å². The van der Waals surface area contributed by atoms with Gasteiger partial charge in [-0.15, -0.1) is 0 Å². The Morgan fingerprint density at radius 2 is 1.82 bits per heavy atom. The fourth-order valence-electron chi connectivity index (χ4n) is 1.32. The lowest BCUT2D eigenvalue weighted by atomic mass is 10.1. The Labute approximate surface area is 101 Å². The lowest BCUT2D eigenvalue weighted by Crippen LogP contribution is -2.31. The molecule has 1 amide bonds. The SMILES string of the molecule is CCCNC(=O)C(=O)c1ccc(OCC)cc1. The van der Waals surface area contributed by atoms with Gasteiger partial charge in [-0.25, -0.2) is 0 Å². The molecule has 0 spiro atoms. The van der Waals surface area contributed by atoms with Crippen molar-refractivity contribution < 1.29 is 14.3 Å². The zero-order chi connectivity index (χ0) is 12.7. The molecule has 0 saturated carbocycles. The summed E-state index contributed by atoms with van der Waals surface area (Å²) in [5.74, 6) is -0.379. The van der Waals surface area contributed by atoms with Crippen LogP contribution >= 0.6 is 0 Å². The molecule has 1 aromatic carbocycles. The van der Waals surface area contributed by atoms with Crippen molar-refractivity contribution in [3.8, 4) is 5.75 Å². The summed E-state index contributed by atoms with van der Waals surface area (Å²) in [4.78, 5) is 23.1. The first-order valence-corrected chi connectivity index (χ1v) is 5.74. The van der Waals surface area contributed by atoms with Crippen LogP contribution in [-0.2, 0) is 4.79 Å². The maximum absolute atomic E-state index is 11.7. The number of Topliss-reactive ketones (excluding diaryl/α,β-unsaturated/α-hetero) is 1. The highest BCUT2D eigenvalue weighted by Gasteiger charge is 2.14. The first-order valence-electron chi connectivity index (χ1n) is 5.74. The Balaban J connectivity index is 2.66. The van der Waals surface area contributed by atoms with E-state index in [2.05, 4.69) is 5.32 Å². The van der Waals surface area contributed by atoms with Crippen molar-refractivity contribution >= 4 is 11.7 Å². The molecule has 4 heteroatoms.